The number of nitrogens with zero attached hydrogens (tertiary/aromatic N) is 2. The number of aromatic nitrogens is 2. The Morgan fingerprint density at radius 3 is 2.59 bits per heavy atom. The van der Waals surface area contributed by atoms with Crippen molar-refractivity contribution in [1.29, 1.82) is 0 Å². The highest BCUT2D eigenvalue weighted by atomic mass is 79.9. The van der Waals surface area contributed by atoms with Crippen molar-refractivity contribution >= 4 is 11.0 Å². The van der Waals surface area contributed by atoms with Crippen LogP contribution in [-0.4, -0.2) is 4.57 Å². The Balaban J connectivity index is 0.00000144. The third-order valence-corrected chi connectivity index (χ3v) is 3.00. The van der Waals surface area contributed by atoms with Gasteiger partial charge in [0.15, 0.2) is 11.0 Å². The van der Waals surface area contributed by atoms with Crippen molar-refractivity contribution in [3.05, 3.63) is 30.6 Å². The van der Waals surface area contributed by atoms with Gasteiger partial charge in [-0.2, -0.15) is 0 Å². The van der Waals surface area contributed by atoms with Gasteiger partial charge in [-0.25, -0.2) is 9.13 Å². The van der Waals surface area contributed by atoms with Crippen LogP contribution < -0.4 is 21.5 Å². The fraction of sp³-hybridized carbons (Fsp3) is 0.500. The molecule has 1 heterocycles. The zero-order valence-electron chi connectivity index (χ0n) is 10.7. The zero-order valence-corrected chi connectivity index (χ0v) is 12.3. The minimum Gasteiger partial charge on any atom is -1.00 e. The summed E-state index contributed by atoms with van der Waals surface area (Å²) in [6, 6.07) is 8.68. The van der Waals surface area contributed by atoms with E-state index in [1.807, 2.05) is 0 Å². The van der Waals surface area contributed by atoms with Gasteiger partial charge in [-0.3, -0.25) is 0 Å². The summed E-state index contributed by atoms with van der Waals surface area (Å²) in [6.07, 6.45) is 5.96. The highest BCUT2D eigenvalue weighted by molar-refractivity contribution is 5.71. The SMILES string of the molecule is CCCCn1c[n+](CCC)c2ccccc21.[Br-]. The Morgan fingerprint density at radius 2 is 1.88 bits per heavy atom. The van der Waals surface area contributed by atoms with Crippen LogP contribution in [0, 0.1) is 0 Å². The van der Waals surface area contributed by atoms with Crippen LogP contribution in [0.5, 0.6) is 0 Å². The van der Waals surface area contributed by atoms with Gasteiger partial charge >= 0.3 is 0 Å². The summed E-state index contributed by atoms with van der Waals surface area (Å²) >= 11 is 0. The average Bonchev–Trinajstić information content (AvgIpc) is 2.66. The fourth-order valence-electron chi connectivity index (χ4n) is 2.17. The molecule has 0 aliphatic rings. The molecule has 0 N–H and O–H groups in total. The number of rotatable bonds is 5. The van der Waals surface area contributed by atoms with Crippen LogP contribution in [0.15, 0.2) is 30.6 Å². The van der Waals surface area contributed by atoms with Crippen molar-refractivity contribution in [2.45, 2.75) is 46.2 Å². The van der Waals surface area contributed by atoms with Crippen LogP contribution in [0.1, 0.15) is 33.1 Å². The molecule has 94 valence electrons. The molecule has 2 nitrogen and oxygen atoms in total. The monoisotopic (exact) mass is 296 g/mol. The number of aryl methyl sites for hydroxylation is 2. The first kappa shape index (κ1) is 14.2. The van der Waals surface area contributed by atoms with Crippen molar-refractivity contribution in [3.63, 3.8) is 0 Å². The van der Waals surface area contributed by atoms with Crippen LogP contribution in [0.2, 0.25) is 0 Å². The summed E-state index contributed by atoms with van der Waals surface area (Å²) in [5, 5.41) is 0. The molecule has 0 atom stereocenters. The van der Waals surface area contributed by atoms with E-state index in [-0.39, 0.29) is 17.0 Å². The van der Waals surface area contributed by atoms with Crippen LogP contribution in [0.3, 0.4) is 0 Å². The second-order valence-corrected chi connectivity index (χ2v) is 4.34. The van der Waals surface area contributed by atoms with Crippen molar-refractivity contribution < 1.29 is 21.5 Å². The van der Waals surface area contributed by atoms with E-state index in [0.29, 0.717) is 0 Å². The largest absolute Gasteiger partial charge is 1.00 e. The molecule has 3 heteroatoms. The number of benzene rings is 1. The molecule has 17 heavy (non-hydrogen) atoms. The van der Waals surface area contributed by atoms with E-state index in [4.69, 9.17) is 0 Å². The topological polar surface area (TPSA) is 8.81 Å². The maximum absolute atomic E-state index is 2.38. The van der Waals surface area contributed by atoms with Crippen LogP contribution >= 0.6 is 0 Å². The van der Waals surface area contributed by atoms with Crippen LogP contribution in [0.4, 0.5) is 0 Å². The Labute approximate surface area is 114 Å². The minimum absolute atomic E-state index is 0. The van der Waals surface area contributed by atoms with E-state index in [0.717, 1.165) is 13.1 Å². The molecule has 2 rings (SSSR count). The molecule has 0 bridgehead atoms. The molecule has 0 fully saturated rings. The predicted octanol–water partition coefficient (Wildman–Crippen LogP) is 0.143. The lowest BCUT2D eigenvalue weighted by atomic mass is 10.3. The van der Waals surface area contributed by atoms with Gasteiger partial charge in [0.05, 0.1) is 13.1 Å². The molecular formula is C14H21BrN2. The molecule has 2 aromatic rings. The minimum atomic E-state index is 0. The Bertz CT molecular complexity index is 462. The van der Waals surface area contributed by atoms with Gasteiger partial charge in [0.25, 0.3) is 0 Å². The van der Waals surface area contributed by atoms with E-state index in [9.17, 15) is 0 Å². The first-order chi connectivity index (χ1) is 7.86. The Morgan fingerprint density at radius 1 is 1.12 bits per heavy atom. The van der Waals surface area contributed by atoms with Gasteiger partial charge in [-0.15, -0.1) is 0 Å². The normalized spacial score (nSPS) is 10.5. The zero-order chi connectivity index (χ0) is 11.4. The first-order valence-electron chi connectivity index (χ1n) is 6.34. The molecule has 1 aromatic heterocycles. The van der Waals surface area contributed by atoms with Crippen molar-refractivity contribution in [3.8, 4) is 0 Å². The van der Waals surface area contributed by atoms with E-state index in [1.165, 1.54) is 30.3 Å². The molecule has 0 unspecified atom stereocenters. The van der Waals surface area contributed by atoms with Crippen LogP contribution in [0.25, 0.3) is 11.0 Å². The summed E-state index contributed by atoms with van der Waals surface area (Å²) in [4.78, 5) is 0. The number of imidazole rings is 1. The number of halogens is 1. The molecule has 0 radical (unpaired) electrons. The van der Waals surface area contributed by atoms with Gasteiger partial charge in [-0.05, 0) is 25.0 Å². The first-order valence-corrected chi connectivity index (χ1v) is 6.34. The molecule has 0 aliphatic carbocycles. The maximum Gasteiger partial charge on any atom is 0.244 e. The van der Waals surface area contributed by atoms with Crippen molar-refractivity contribution in [2.75, 3.05) is 0 Å². The summed E-state index contributed by atoms with van der Waals surface area (Å²) < 4.78 is 4.75. The lowest BCUT2D eigenvalue weighted by Gasteiger charge is -1.94. The second kappa shape index (κ2) is 6.80. The average molecular weight is 297 g/mol. The van der Waals surface area contributed by atoms with E-state index in [1.54, 1.807) is 0 Å². The Kier molecular flexibility index (Phi) is 5.69. The predicted molar refractivity (Wildman–Crippen MR) is 67.3 cm³/mol. The molecule has 0 amide bonds. The quantitative estimate of drug-likeness (QED) is 0.695. The molecule has 0 saturated heterocycles. The van der Waals surface area contributed by atoms with Gasteiger partial charge in [0.1, 0.15) is 0 Å². The smallest absolute Gasteiger partial charge is 0.244 e. The van der Waals surface area contributed by atoms with Gasteiger partial charge < -0.3 is 17.0 Å². The van der Waals surface area contributed by atoms with E-state index in [2.05, 4.69) is 53.6 Å². The number of hydrogen-bond acceptors (Lipinski definition) is 0. The lowest BCUT2D eigenvalue weighted by molar-refractivity contribution is -0.672. The highest BCUT2D eigenvalue weighted by Crippen LogP contribution is 2.11. The van der Waals surface area contributed by atoms with Crippen molar-refractivity contribution in [2.24, 2.45) is 0 Å². The van der Waals surface area contributed by atoms with E-state index >= 15 is 0 Å². The lowest BCUT2D eigenvalue weighted by Crippen LogP contribution is -3.00. The highest BCUT2D eigenvalue weighted by Gasteiger charge is 2.13. The number of unbranched alkanes of at least 4 members (excludes halogenated alkanes) is 1. The summed E-state index contributed by atoms with van der Waals surface area (Å²) in [5.41, 5.74) is 2.73. The molecule has 0 spiro atoms. The summed E-state index contributed by atoms with van der Waals surface area (Å²) in [7, 11) is 0. The van der Waals surface area contributed by atoms with Gasteiger partial charge in [0, 0.05) is 0 Å². The molecule has 1 aromatic carbocycles. The fourth-order valence-corrected chi connectivity index (χ4v) is 2.17. The number of fused-ring (bicyclic) bond motifs is 1. The summed E-state index contributed by atoms with van der Waals surface area (Å²) in [5.74, 6) is 0. The van der Waals surface area contributed by atoms with Crippen molar-refractivity contribution in [1.82, 2.24) is 4.57 Å². The third-order valence-electron chi connectivity index (χ3n) is 3.00. The molecule has 0 saturated carbocycles. The molecule has 0 aliphatic heterocycles. The van der Waals surface area contributed by atoms with Gasteiger partial charge in [0.2, 0.25) is 6.33 Å². The Hall–Kier alpha value is -0.830. The number of para-hydroxylation sites is 2. The molecular weight excluding hydrogens is 276 g/mol. The van der Waals surface area contributed by atoms with E-state index < -0.39 is 0 Å². The standard InChI is InChI=1S/C14H21N2.BrH/c1-3-5-11-16-12-15(10-4-2)13-8-6-7-9-14(13)16;/h6-9,12H,3-5,10-11H2,1-2H3;1H/q+1;/p-1. The summed E-state index contributed by atoms with van der Waals surface area (Å²) in [6.45, 7) is 6.71. The van der Waals surface area contributed by atoms with Gasteiger partial charge in [-0.1, -0.05) is 32.4 Å². The van der Waals surface area contributed by atoms with Crippen LogP contribution in [-0.2, 0) is 13.1 Å². The second-order valence-electron chi connectivity index (χ2n) is 4.34. The maximum atomic E-state index is 2.38. The number of hydrogen-bond donors (Lipinski definition) is 0. The third kappa shape index (κ3) is 3.09.